The number of benzene rings is 1. The van der Waals surface area contributed by atoms with Crippen LogP contribution >= 0.6 is 11.3 Å². The van der Waals surface area contributed by atoms with Crippen molar-refractivity contribution < 1.29 is 14.7 Å². The Labute approximate surface area is 123 Å². The van der Waals surface area contributed by atoms with E-state index in [4.69, 9.17) is 10.3 Å². The molecule has 0 aliphatic rings. The predicted octanol–water partition coefficient (Wildman–Crippen LogP) is 1.77. The highest BCUT2D eigenvalue weighted by molar-refractivity contribution is 7.09. The van der Waals surface area contributed by atoms with Gasteiger partial charge < -0.3 is 20.5 Å². The van der Waals surface area contributed by atoms with E-state index in [2.05, 4.69) is 15.1 Å². The number of hydrogen-bond acceptors (Lipinski definition) is 8. The Morgan fingerprint density at radius 2 is 2.05 bits per heavy atom. The van der Waals surface area contributed by atoms with Crippen LogP contribution in [0.1, 0.15) is 5.01 Å². The van der Waals surface area contributed by atoms with Crippen molar-refractivity contribution in [2.75, 3.05) is 6.54 Å². The van der Waals surface area contributed by atoms with Crippen LogP contribution in [-0.2, 0) is 6.42 Å². The van der Waals surface area contributed by atoms with E-state index in [-0.39, 0.29) is 11.5 Å². The highest BCUT2D eigenvalue weighted by atomic mass is 32.1. The Hall–Kier alpha value is -2.45. The highest BCUT2D eigenvalue weighted by Gasteiger charge is 2.14. The number of rotatable bonds is 4. The first-order valence-electron chi connectivity index (χ1n) is 6.18. The van der Waals surface area contributed by atoms with Crippen LogP contribution in [0.15, 0.2) is 28.1 Å². The predicted molar refractivity (Wildman–Crippen MR) is 76.9 cm³/mol. The smallest absolute Gasteiger partial charge is 0.277 e. The van der Waals surface area contributed by atoms with Crippen molar-refractivity contribution in [1.29, 1.82) is 0 Å². The molecule has 0 bridgehead atoms. The summed E-state index contributed by atoms with van der Waals surface area (Å²) in [7, 11) is 0. The molecule has 4 N–H and O–H groups in total. The molecule has 0 spiro atoms. The Balaban J connectivity index is 1.89. The molecule has 0 aliphatic carbocycles. The zero-order chi connectivity index (χ0) is 14.8. The molecule has 2 aromatic heterocycles. The summed E-state index contributed by atoms with van der Waals surface area (Å²) in [6.07, 6.45) is 0.706. The van der Waals surface area contributed by atoms with Crippen LogP contribution in [0.25, 0.3) is 23.0 Å². The van der Waals surface area contributed by atoms with Crippen molar-refractivity contribution in [3.8, 4) is 34.5 Å². The first kappa shape index (κ1) is 13.5. The molecule has 0 aliphatic heterocycles. The van der Waals surface area contributed by atoms with Gasteiger partial charge in [-0.05, 0) is 24.7 Å². The van der Waals surface area contributed by atoms with E-state index in [0.29, 0.717) is 35.9 Å². The maximum Gasteiger partial charge on any atom is 0.277 e. The third-order valence-electron chi connectivity index (χ3n) is 2.79. The molecule has 3 rings (SSSR count). The monoisotopic (exact) mass is 304 g/mol. The van der Waals surface area contributed by atoms with Crippen molar-refractivity contribution >= 4 is 11.3 Å². The lowest BCUT2D eigenvalue weighted by Crippen LogP contribution is -2.01. The maximum atomic E-state index is 9.49. The topological polar surface area (TPSA) is 118 Å². The van der Waals surface area contributed by atoms with Crippen molar-refractivity contribution in [2.45, 2.75) is 6.42 Å². The average molecular weight is 304 g/mol. The lowest BCUT2D eigenvalue weighted by Gasteiger charge is -1.98. The van der Waals surface area contributed by atoms with E-state index in [1.54, 1.807) is 6.07 Å². The normalized spacial score (nSPS) is 10.9. The number of hydrogen-bond donors (Lipinski definition) is 3. The highest BCUT2D eigenvalue weighted by Crippen LogP contribution is 2.30. The minimum Gasteiger partial charge on any atom is -0.504 e. The van der Waals surface area contributed by atoms with Gasteiger partial charge >= 0.3 is 0 Å². The van der Waals surface area contributed by atoms with Crippen molar-refractivity contribution in [2.24, 2.45) is 5.73 Å². The van der Waals surface area contributed by atoms with E-state index in [1.165, 1.54) is 23.5 Å². The molecule has 0 saturated carbocycles. The van der Waals surface area contributed by atoms with Gasteiger partial charge in [-0.1, -0.05) is 5.16 Å². The molecule has 0 radical (unpaired) electrons. The standard InChI is InChI=1S/C13H12N4O3S/c14-4-3-11-15-8(6-21-11)13-16-12(17-20-13)7-1-2-9(18)10(19)5-7/h1-2,5-6,18-19H,3-4,14H2. The molecule has 0 fully saturated rings. The molecule has 0 atom stereocenters. The third-order valence-corrected chi connectivity index (χ3v) is 3.70. The minimum atomic E-state index is -0.238. The maximum absolute atomic E-state index is 9.49. The molecule has 3 aromatic rings. The number of thiazole rings is 1. The van der Waals surface area contributed by atoms with Gasteiger partial charge in [-0.25, -0.2) is 4.98 Å². The Kier molecular flexibility index (Phi) is 3.55. The summed E-state index contributed by atoms with van der Waals surface area (Å²) in [4.78, 5) is 8.60. The van der Waals surface area contributed by atoms with Crippen LogP contribution in [0.5, 0.6) is 11.5 Å². The molecule has 0 unspecified atom stereocenters. The summed E-state index contributed by atoms with van der Waals surface area (Å²) in [5.74, 6) is 0.178. The van der Waals surface area contributed by atoms with Gasteiger partial charge in [-0.3, -0.25) is 0 Å². The number of nitrogens with two attached hydrogens (primary N) is 1. The van der Waals surface area contributed by atoms with Crippen LogP contribution in [0.4, 0.5) is 0 Å². The first-order chi connectivity index (χ1) is 10.2. The van der Waals surface area contributed by atoms with Gasteiger partial charge in [-0.15, -0.1) is 11.3 Å². The number of aromatic nitrogens is 3. The van der Waals surface area contributed by atoms with Crippen molar-refractivity contribution in [3.05, 3.63) is 28.6 Å². The molecular weight excluding hydrogens is 292 g/mol. The van der Waals surface area contributed by atoms with E-state index >= 15 is 0 Å². The molecular formula is C13H12N4O3S. The SMILES string of the molecule is NCCc1nc(-c2nc(-c3ccc(O)c(O)c3)no2)cs1. The summed E-state index contributed by atoms with van der Waals surface area (Å²) in [5.41, 5.74) is 6.63. The summed E-state index contributed by atoms with van der Waals surface area (Å²) in [6, 6.07) is 4.32. The average Bonchev–Trinajstić information content (AvgIpc) is 3.11. The van der Waals surface area contributed by atoms with Crippen LogP contribution < -0.4 is 5.73 Å². The zero-order valence-corrected chi connectivity index (χ0v) is 11.7. The lowest BCUT2D eigenvalue weighted by atomic mass is 10.2. The second-order valence-electron chi connectivity index (χ2n) is 4.29. The summed E-state index contributed by atoms with van der Waals surface area (Å²) < 4.78 is 5.17. The fourth-order valence-corrected chi connectivity index (χ4v) is 2.54. The second kappa shape index (κ2) is 5.51. The van der Waals surface area contributed by atoms with Crippen molar-refractivity contribution in [3.63, 3.8) is 0 Å². The first-order valence-corrected chi connectivity index (χ1v) is 7.06. The minimum absolute atomic E-state index is 0.201. The molecule has 0 amide bonds. The van der Waals surface area contributed by atoms with Gasteiger partial charge in [0.25, 0.3) is 5.89 Å². The van der Waals surface area contributed by atoms with E-state index < -0.39 is 0 Å². The van der Waals surface area contributed by atoms with Gasteiger partial charge in [-0.2, -0.15) is 4.98 Å². The largest absolute Gasteiger partial charge is 0.504 e. The number of phenols is 2. The van der Waals surface area contributed by atoms with Crippen LogP contribution in [0, 0.1) is 0 Å². The Morgan fingerprint density at radius 1 is 1.19 bits per heavy atom. The van der Waals surface area contributed by atoms with Crippen molar-refractivity contribution in [1.82, 2.24) is 15.1 Å². The fourth-order valence-electron chi connectivity index (χ4n) is 1.75. The van der Waals surface area contributed by atoms with Crippen LogP contribution in [0.3, 0.4) is 0 Å². The quantitative estimate of drug-likeness (QED) is 0.628. The van der Waals surface area contributed by atoms with E-state index in [9.17, 15) is 10.2 Å². The lowest BCUT2D eigenvalue weighted by molar-refractivity contribution is 0.404. The fraction of sp³-hybridized carbons (Fsp3) is 0.154. The molecule has 108 valence electrons. The third kappa shape index (κ3) is 2.71. The van der Waals surface area contributed by atoms with Gasteiger partial charge in [0.15, 0.2) is 11.5 Å². The summed E-state index contributed by atoms with van der Waals surface area (Å²) in [5, 5.41) is 25.4. The molecule has 8 heteroatoms. The summed E-state index contributed by atoms with van der Waals surface area (Å²) >= 11 is 1.49. The van der Waals surface area contributed by atoms with Crippen LogP contribution in [0.2, 0.25) is 0 Å². The summed E-state index contributed by atoms with van der Waals surface area (Å²) in [6.45, 7) is 0.537. The second-order valence-corrected chi connectivity index (χ2v) is 5.23. The molecule has 0 saturated heterocycles. The Bertz CT molecular complexity index is 768. The number of phenolic OH excluding ortho intramolecular Hbond substituents is 2. The Morgan fingerprint density at radius 3 is 2.81 bits per heavy atom. The van der Waals surface area contributed by atoms with Gasteiger partial charge in [0.05, 0.1) is 5.01 Å². The van der Waals surface area contributed by atoms with E-state index in [0.717, 1.165) is 5.01 Å². The van der Waals surface area contributed by atoms with E-state index in [1.807, 2.05) is 5.38 Å². The van der Waals surface area contributed by atoms with Gasteiger partial charge in [0, 0.05) is 17.4 Å². The number of nitrogens with zero attached hydrogens (tertiary/aromatic N) is 3. The van der Waals surface area contributed by atoms with Crippen LogP contribution in [-0.4, -0.2) is 31.9 Å². The molecule has 1 aromatic carbocycles. The van der Waals surface area contributed by atoms with Gasteiger partial charge in [0.2, 0.25) is 5.82 Å². The molecule has 21 heavy (non-hydrogen) atoms. The molecule has 7 nitrogen and oxygen atoms in total. The van der Waals surface area contributed by atoms with Gasteiger partial charge in [0.1, 0.15) is 5.69 Å². The molecule has 2 heterocycles. The number of aromatic hydroxyl groups is 2. The zero-order valence-electron chi connectivity index (χ0n) is 10.9.